The van der Waals surface area contributed by atoms with Gasteiger partial charge >= 0.3 is 0 Å². The summed E-state index contributed by atoms with van der Waals surface area (Å²) in [4.78, 5) is 12.0. The van der Waals surface area contributed by atoms with E-state index in [2.05, 4.69) is 5.32 Å². The highest BCUT2D eigenvalue weighted by Gasteiger charge is 2.24. The van der Waals surface area contributed by atoms with E-state index < -0.39 is 10.0 Å². The summed E-state index contributed by atoms with van der Waals surface area (Å²) >= 11 is 0. The Bertz CT molecular complexity index is 599. The molecule has 21 heavy (non-hydrogen) atoms. The van der Waals surface area contributed by atoms with Gasteiger partial charge in [0, 0.05) is 25.2 Å². The van der Waals surface area contributed by atoms with Gasteiger partial charge in [0.25, 0.3) is 5.91 Å². The van der Waals surface area contributed by atoms with Crippen LogP contribution in [0, 0.1) is 6.92 Å². The number of nitrogens with one attached hydrogen (secondary N) is 1. The topological polar surface area (TPSA) is 66.5 Å². The molecule has 6 heteroatoms. The highest BCUT2D eigenvalue weighted by molar-refractivity contribution is 7.89. The lowest BCUT2D eigenvalue weighted by Crippen LogP contribution is -2.39. The Balaban J connectivity index is 1.77. The van der Waals surface area contributed by atoms with Crippen molar-refractivity contribution in [3.05, 3.63) is 35.4 Å². The molecule has 1 heterocycles. The number of benzene rings is 1. The van der Waals surface area contributed by atoms with Crippen molar-refractivity contribution < 1.29 is 13.2 Å². The first-order valence-electron chi connectivity index (χ1n) is 7.32. The molecule has 0 atom stereocenters. The van der Waals surface area contributed by atoms with Gasteiger partial charge in [-0.25, -0.2) is 12.7 Å². The molecule has 1 saturated heterocycles. The monoisotopic (exact) mass is 310 g/mol. The molecule has 1 aromatic carbocycles. The molecule has 1 aliphatic heterocycles. The lowest BCUT2D eigenvalue weighted by molar-refractivity contribution is 0.0952. The van der Waals surface area contributed by atoms with Gasteiger partial charge in [-0.1, -0.05) is 18.2 Å². The molecule has 2 rings (SSSR count). The third-order valence-corrected chi connectivity index (χ3v) is 5.67. The van der Waals surface area contributed by atoms with Crippen molar-refractivity contribution in [1.29, 1.82) is 0 Å². The summed E-state index contributed by atoms with van der Waals surface area (Å²) in [6.45, 7) is 3.47. The molecule has 0 aromatic heterocycles. The Hall–Kier alpha value is -1.40. The van der Waals surface area contributed by atoms with Crippen LogP contribution in [0.25, 0.3) is 0 Å². The lowest BCUT2D eigenvalue weighted by atomic mass is 10.1. The van der Waals surface area contributed by atoms with Crippen LogP contribution in [0.2, 0.25) is 0 Å². The summed E-state index contributed by atoms with van der Waals surface area (Å²) in [6, 6.07) is 7.42. The van der Waals surface area contributed by atoms with Crippen molar-refractivity contribution in [1.82, 2.24) is 9.62 Å². The Morgan fingerprint density at radius 3 is 2.76 bits per heavy atom. The van der Waals surface area contributed by atoms with E-state index in [0.717, 1.165) is 18.4 Å². The van der Waals surface area contributed by atoms with E-state index in [1.165, 1.54) is 4.31 Å². The fourth-order valence-electron chi connectivity index (χ4n) is 2.47. The number of hydrogen-bond acceptors (Lipinski definition) is 3. The predicted octanol–water partition coefficient (Wildman–Crippen LogP) is 1.54. The number of nitrogens with zero attached hydrogens (tertiary/aromatic N) is 1. The zero-order chi connectivity index (χ0) is 15.3. The van der Waals surface area contributed by atoms with Crippen LogP contribution in [0.5, 0.6) is 0 Å². The first-order chi connectivity index (χ1) is 10.0. The summed E-state index contributed by atoms with van der Waals surface area (Å²) in [5.41, 5.74) is 1.61. The summed E-state index contributed by atoms with van der Waals surface area (Å²) < 4.78 is 25.2. The Kier molecular flexibility index (Phi) is 5.36. The molecule has 0 saturated carbocycles. The maximum Gasteiger partial charge on any atom is 0.251 e. The second-order valence-electron chi connectivity index (χ2n) is 5.35. The van der Waals surface area contributed by atoms with Crippen molar-refractivity contribution in [2.75, 3.05) is 25.4 Å². The third-order valence-electron chi connectivity index (χ3n) is 3.71. The molecule has 1 fully saturated rings. The van der Waals surface area contributed by atoms with Crippen LogP contribution >= 0.6 is 0 Å². The van der Waals surface area contributed by atoms with Gasteiger partial charge in [-0.3, -0.25) is 4.79 Å². The van der Waals surface area contributed by atoms with Crippen LogP contribution in [0.3, 0.4) is 0 Å². The van der Waals surface area contributed by atoms with E-state index in [1.54, 1.807) is 6.07 Å². The zero-order valence-electron chi connectivity index (χ0n) is 12.3. The van der Waals surface area contributed by atoms with Crippen LogP contribution in [-0.4, -0.2) is 44.0 Å². The van der Waals surface area contributed by atoms with Gasteiger partial charge < -0.3 is 5.32 Å². The normalized spacial score (nSPS) is 18.3. The number of amides is 1. The average molecular weight is 310 g/mol. The SMILES string of the molecule is Cc1ccccc1C(=O)NCCCN1CCCCS1(=O)=O. The highest BCUT2D eigenvalue weighted by atomic mass is 32.2. The van der Waals surface area contributed by atoms with E-state index in [4.69, 9.17) is 0 Å². The van der Waals surface area contributed by atoms with E-state index in [-0.39, 0.29) is 11.7 Å². The molecule has 1 N–H and O–H groups in total. The molecule has 0 unspecified atom stereocenters. The second kappa shape index (κ2) is 7.04. The number of rotatable bonds is 5. The average Bonchev–Trinajstić information content (AvgIpc) is 2.45. The van der Waals surface area contributed by atoms with Gasteiger partial charge in [0.2, 0.25) is 10.0 Å². The molecule has 0 spiro atoms. The quantitative estimate of drug-likeness (QED) is 0.839. The van der Waals surface area contributed by atoms with Crippen LogP contribution in [0.15, 0.2) is 24.3 Å². The molecule has 116 valence electrons. The maximum atomic E-state index is 12.0. The molecular formula is C15H22N2O3S. The number of aryl methyl sites for hydroxylation is 1. The Labute approximate surface area is 126 Å². The van der Waals surface area contributed by atoms with Crippen LogP contribution in [-0.2, 0) is 10.0 Å². The first-order valence-corrected chi connectivity index (χ1v) is 8.93. The van der Waals surface area contributed by atoms with E-state index >= 15 is 0 Å². The van der Waals surface area contributed by atoms with Gasteiger partial charge in [0.15, 0.2) is 0 Å². The number of carbonyl (C=O) groups is 1. The maximum absolute atomic E-state index is 12.0. The van der Waals surface area contributed by atoms with Crippen molar-refractivity contribution in [3.8, 4) is 0 Å². The van der Waals surface area contributed by atoms with Crippen molar-refractivity contribution in [2.45, 2.75) is 26.2 Å². The van der Waals surface area contributed by atoms with E-state index in [9.17, 15) is 13.2 Å². The van der Waals surface area contributed by atoms with Gasteiger partial charge in [0.1, 0.15) is 0 Å². The van der Waals surface area contributed by atoms with Crippen LogP contribution in [0.1, 0.15) is 35.2 Å². The fourth-order valence-corrected chi connectivity index (χ4v) is 4.11. The minimum Gasteiger partial charge on any atom is -0.352 e. The van der Waals surface area contributed by atoms with Gasteiger partial charge in [-0.2, -0.15) is 0 Å². The number of sulfonamides is 1. The number of hydrogen-bond donors (Lipinski definition) is 1. The fraction of sp³-hybridized carbons (Fsp3) is 0.533. The van der Waals surface area contributed by atoms with Crippen LogP contribution < -0.4 is 5.32 Å². The van der Waals surface area contributed by atoms with Gasteiger partial charge in [-0.15, -0.1) is 0 Å². The summed E-state index contributed by atoms with van der Waals surface area (Å²) in [6.07, 6.45) is 2.31. The summed E-state index contributed by atoms with van der Waals surface area (Å²) in [5, 5.41) is 2.85. The number of carbonyl (C=O) groups excluding carboxylic acids is 1. The molecule has 5 nitrogen and oxygen atoms in total. The minimum atomic E-state index is -3.06. The van der Waals surface area contributed by atoms with Crippen LogP contribution in [0.4, 0.5) is 0 Å². The molecule has 0 bridgehead atoms. The third kappa shape index (κ3) is 4.28. The predicted molar refractivity (Wildman–Crippen MR) is 82.7 cm³/mol. The Morgan fingerprint density at radius 1 is 1.29 bits per heavy atom. The van der Waals surface area contributed by atoms with Crippen molar-refractivity contribution >= 4 is 15.9 Å². The smallest absolute Gasteiger partial charge is 0.251 e. The summed E-state index contributed by atoms with van der Waals surface area (Å²) in [5.74, 6) is 0.150. The lowest BCUT2D eigenvalue weighted by Gasteiger charge is -2.26. The minimum absolute atomic E-state index is 0.102. The van der Waals surface area contributed by atoms with Crippen molar-refractivity contribution in [2.24, 2.45) is 0 Å². The standard InChI is InChI=1S/C15H22N2O3S/c1-13-7-2-3-8-14(13)15(18)16-9-6-11-17-10-4-5-12-21(17,19)20/h2-3,7-8H,4-6,9-12H2,1H3,(H,16,18). The zero-order valence-corrected chi connectivity index (χ0v) is 13.2. The van der Waals surface area contributed by atoms with Gasteiger partial charge in [0.05, 0.1) is 5.75 Å². The van der Waals surface area contributed by atoms with Crippen molar-refractivity contribution in [3.63, 3.8) is 0 Å². The van der Waals surface area contributed by atoms with Gasteiger partial charge in [-0.05, 0) is 37.8 Å². The molecule has 0 aliphatic carbocycles. The second-order valence-corrected chi connectivity index (χ2v) is 7.44. The molecule has 0 radical (unpaired) electrons. The van der Waals surface area contributed by atoms with E-state index in [1.807, 2.05) is 25.1 Å². The highest BCUT2D eigenvalue weighted by Crippen LogP contribution is 2.13. The molecular weight excluding hydrogens is 288 g/mol. The van der Waals surface area contributed by atoms with E-state index in [0.29, 0.717) is 31.6 Å². The largest absolute Gasteiger partial charge is 0.352 e. The molecule has 1 amide bonds. The first kappa shape index (κ1) is 16.0. The Morgan fingerprint density at radius 2 is 2.05 bits per heavy atom. The molecule has 1 aliphatic rings. The summed E-state index contributed by atoms with van der Waals surface area (Å²) in [7, 11) is -3.06. The molecule has 1 aromatic rings.